The molecule has 1 aromatic heterocycles. The minimum absolute atomic E-state index is 0.950. The number of pyridine rings is 1. The van der Waals surface area contributed by atoms with Crippen LogP contribution in [-0.4, -0.2) is 12.0 Å². The Morgan fingerprint density at radius 2 is 2.12 bits per heavy atom. The molecule has 2 nitrogen and oxygen atoms in total. The zero-order valence-electron chi connectivity index (χ0n) is 9.59. The lowest BCUT2D eigenvalue weighted by Gasteiger charge is -2.11. The van der Waals surface area contributed by atoms with E-state index in [1.165, 1.54) is 35.0 Å². The minimum atomic E-state index is 0.950. The van der Waals surface area contributed by atoms with E-state index < -0.39 is 0 Å². The van der Waals surface area contributed by atoms with Crippen LogP contribution in [-0.2, 0) is 19.4 Å². The summed E-state index contributed by atoms with van der Waals surface area (Å²) in [7, 11) is 2.01. The van der Waals surface area contributed by atoms with E-state index in [0.717, 1.165) is 18.5 Å². The van der Waals surface area contributed by atoms with Crippen molar-refractivity contribution in [3.05, 3.63) is 41.1 Å². The zero-order valence-corrected chi connectivity index (χ0v) is 9.59. The van der Waals surface area contributed by atoms with Crippen molar-refractivity contribution in [1.29, 1.82) is 0 Å². The van der Waals surface area contributed by atoms with Crippen molar-refractivity contribution in [3.8, 4) is 0 Å². The number of aromatic nitrogens is 1. The number of nitrogens with zero attached hydrogens (tertiary/aromatic N) is 1. The van der Waals surface area contributed by atoms with Gasteiger partial charge in [-0.15, -0.1) is 0 Å². The van der Waals surface area contributed by atoms with Gasteiger partial charge in [0, 0.05) is 17.6 Å². The highest BCUT2D eigenvalue weighted by atomic mass is 14.8. The van der Waals surface area contributed by atoms with Crippen molar-refractivity contribution in [3.63, 3.8) is 0 Å². The van der Waals surface area contributed by atoms with Crippen LogP contribution >= 0.6 is 0 Å². The number of para-hydroxylation sites is 1. The molecule has 2 heteroatoms. The van der Waals surface area contributed by atoms with Gasteiger partial charge in [-0.05, 0) is 43.5 Å². The van der Waals surface area contributed by atoms with E-state index in [4.69, 9.17) is 4.98 Å². The summed E-state index contributed by atoms with van der Waals surface area (Å²) in [6.07, 6.45) is 3.61. The molecule has 0 saturated heterocycles. The molecule has 0 saturated carbocycles. The van der Waals surface area contributed by atoms with E-state index in [1.54, 1.807) is 0 Å². The van der Waals surface area contributed by atoms with Crippen LogP contribution in [0.2, 0.25) is 0 Å². The van der Waals surface area contributed by atoms with Crippen molar-refractivity contribution in [2.45, 2.75) is 25.8 Å². The van der Waals surface area contributed by atoms with Gasteiger partial charge in [-0.25, -0.2) is 0 Å². The van der Waals surface area contributed by atoms with Gasteiger partial charge in [0.25, 0.3) is 0 Å². The molecule has 16 heavy (non-hydrogen) atoms. The normalized spacial score (nSPS) is 14.3. The molecule has 1 N–H and O–H groups in total. The van der Waals surface area contributed by atoms with Crippen LogP contribution in [0.4, 0.5) is 0 Å². The van der Waals surface area contributed by atoms with E-state index in [9.17, 15) is 0 Å². The van der Waals surface area contributed by atoms with Crippen LogP contribution in [0.15, 0.2) is 24.3 Å². The van der Waals surface area contributed by atoms with Gasteiger partial charge in [-0.2, -0.15) is 0 Å². The first-order valence-corrected chi connectivity index (χ1v) is 5.94. The fourth-order valence-corrected chi connectivity index (χ4v) is 2.69. The fourth-order valence-electron chi connectivity index (χ4n) is 2.69. The third-order valence-corrected chi connectivity index (χ3v) is 3.39. The third-order valence-electron chi connectivity index (χ3n) is 3.39. The first-order valence-electron chi connectivity index (χ1n) is 5.94. The minimum Gasteiger partial charge on any atom is -0.316 e. The number of benzene rings is 1. The van der Waals surface area contributed by atoms with Crippen LogP contribution in [0.25, 0.3) is 10.9 Å². The summed E-state index contributed by atoms with van der Waals surface area (Å²) in [6, 6.07) is 8.48. The van der Waals surface area contributed by atoms with Gasteiger partial charge >= 0.3 is 0 Å². The number of nitrogens with one attached hydrogen (secondary N) is 1. The van der Waals surface area contributed by atoms with Gasteiger partial charge in [0.05, 0.1) is 5.52 Å². The molecular formula is C14H16N2. The molecule has 3 rings (SSSR count). The second-order valence-corrected chi connectivity index (χ2v) is 4.42. The summed E-state index contributed by atoms with van der Waals surface area (Å²) in [5.74, 6) is 0. The number of rotatable bonds is 2. The molecule has 0 atom stereocenters. The summed E-state index contributed by atoms with van der Waals surface area (Å²) in [5.41, 5.74) is 5.42. The molecule has 0 radical (unpaired) electrons. The fraction of sp³-hybridized carbons (Fsp3) is 0.357. The molecule has 82 valence electrons. The molecule has 0 spiro atoms. The molecule has 0 aliphatic heterocycles. The van der Waals surface area contributed by atoms with E-state index >= 15 is 0 Å². The summed E-state index contributed by atoms with van der Waals surface area (Å²) in [6.45, 7) is 0.950. The highest BCUT2D eigenvalue weighted by Crippen LogP contribution is 2.29. The summed E-state index contributed by atoms with van der Waals surface area (Å²) >= 11 is 0. The highest BCUT2D eigenvalue weighted by Gasteiger charge is 2.18. The molecule has 1 heterocycles. The molecule has 0 unspecified atom stereocenters. The Bertz CT molecular complexity index is 531. The Labute approximate surface area is 95.7 Å². The number of aryl methyl sites for hydroxylation is 1. The first kappa shape index (κ1) is 9.79. The van der Waals surface area contributed by atoms with Crippen LogP contribution in [0, 0.1) is 0 Å². The Morgan fingerprint density at radius 3 is 3.00 bits per heavy atom. The van der Waals surface area contributed by atoms with Crippen molar-refractivity contribution in [1.82, 2.24) is 10.3 Å². The quantitative estimate of drug-likeness (QED) is 0.827. The van der Waals surface area contributed by atoms with Crippen molar-refractivity contribution in [2.24, 2.45) is 0 Å². The van der Waals surface area contributed by atoms with Crippen LogP contribution < -0.4 is 5.32 Å². The van der Waals surface area contributed by atoms with Gasteiger partial charge in [-0.3, -0.25) is 4.98 Å². The number of hydrogen-bond acceptors (Lipinski definition) is 2. The lowest BCUT2D eigenvalue weighted by atomic mass is 10.0. The van der Waals surface area contributed by atoms with Gasteiger partial charge < -0.3 is 5.32 Å². The van der Waals surface area contributed by atoms with E-state index in [2.05, 4.69) is 29.6 Å². The van der Waals surface area contributed by atoms with E-state index in [-0.39, 0.29) is 0 Å². The second kappa shape index (κ2) is 3.87. The maximum absolute atomic E-state index is 4.77. The predicted octanol–water partition coefficient (Wildman–Crippen LogP) is 2.44. The Hall–Kier alpha value is -1.41. The maximum atomic E-state index is 4.77. The standard InChI is InChI=1S/C14H16N2/c1-15-9-12-10-5-2-3-7-13(10)16-14-8-4-6-11(12)14/h2-3,5,7,15H,4,6,8-9H2,1H3. The maximum Gasteiger partial charge on any atom is 0.0708 e. The molecule has 1 aliphatic rings. The molecule has 1 aliphatic carbocycles. The van der Waals surface area contributed by atoms with E-state index in [0.29, 0.717) is 0 Å². The smallest absolute Gasteiger partial charge is 0.0708 e. The van der Waals surface area contributed by atoms with Crippen molar-refractivity contribution >= 4 is 10.9 Å². The molecule has 0 fully saturated rings. The average molecular weight is 212 g/mol. The lowest BCUT2D eigenvalue weighted by molar-refractivity contribution is 0.809. The number of fused-ring (bicyclic) bond motifs is 2. The molecular weight excluding hydrogens is 196 g/mol. The van der Waals surface area contributed by atoms with Gasteiger partial charge in [0.2, 0.25) is 0 Å². The van der Waals surface area contributed by atoms with E-state index in [1.807, 2.05) is 7.05 Å². The first-order chi connectivity index (χ1) is 7.90. The second-order valence-electron chi connectivity index (χ2n) is 4.42. The Balaban J connectivity index is 2.32. The highest BCUT2D eigenvalue weighted by molar-refractivity contribution is 5.84. The summed E-state index contributed by atoms with van der Waals surface area (Å²) in [5, 5.41) is 4.60. The third kappa shape index (κ3) is 1.41. The molecule has 0 amide bonds. The van der Waals surface area contributed by atoms with Crippen LogP contribution in [0.3, 0.4) is 0 Å². The van der Waals surface area contributed by atoms with Crippen LogP contribution in [0.1, 0.15) is 23.2 Å². The zero-order chi connectivity index (χ0) is 11.0. The van der Waals surface area contributed by atoms with Gasteiger partial charge in [0.15, 0.2) is 0 Å². The Morgan fingerprint density at radius 1 is 1.25 bits per heavy atom. The van der Waals surface area contributed by atoms with Crippen LogP contribution in [0.5, 0.6) is 0 Å². The van der Waals surface area contributed by atoms with Gasteiger partial charge in [0.1, 0.15) is 0 Å². The molecule has 2 aromatic rings. The summed E-state index contributed by atoms with van der Waals surface area (Å²) in [4.78, 5) is 4.77. The topological polar surface area (TPSA) is 24.9 Å². The average Bonchev–Trinajstić information content (AvgIpc) is 2.77. The van der Waals surface area contributed by atoms with Gasteiger partial charge in [-0.1, -0.05) is 18.2 Å². The Kier molecular flexibility index (Phi) is 2.37. The molecule has 0 bridgehead atoms. The largest absolute Gasteiger partial charge is 0.316 e. The predicted molar refractivity (Wildman–Crippen MR) is 66.5 cm³/mol. The molecule has 1 aromatic carbocycles. The summed E-state index contributed by atoms with van der Waals surface area (Å²) < 4.78 is 0. The SMILES string of the molecule is CNCc1c2c(nc3ccccc13)CCC2. The van der Waals surface area contributed by atoms with Crippen molar-refractivity contribution in [2.75, 3.05) is 7.05 Å². The monoisotopic (exact) mass is 212 g/mol. The van der Waals surface area contributed by atoms with Crippen molar-refractivity contribution < 1.29 is 0 Å². The number of hydrogen-bond donors (Lipinski definition) is 1. The lowest BCUT2D eigenvalue weighted by Crippen LogP contribution is -2.09.